The summed E-state index contributed by atoms with van der Waals surface area (Å²) in [7, 11) is 0. The molecule has 0 bridgehead atoms. The largest absolute Gasteiger partial charge is 0.324 e. The lowest BCUT2D eigenvalue weighted by molar-refractivity contribution is 0.261. The van der Waals surface area contributed by atoms with Gasteiger partial charge in [0.1, 0.15) is 11.6 Å². The van der Waals surface area contributed by atoms with Gasteiger partial charge in [-0.15, -0.1) is 0 Å². The number of anilines is 2. The van der Waals surface area contributed by atoms with Gasteiger partial charge in [0.25, 0.3) is 0 Å². The summed E-state index contributed by atoms with van der Waals surface area (Å²) in [5.74, 6) is 0.152. The van der Waals surface area contributed by atoms with Crippen LogP contribution in [0.5, 0.6) is 0 Å². The van der Waals surface area contributed by atoms with Crippen LogP contribution in [0.3, 0.4) is 0 Å². The maximum Gasteiger partial charge on any atom is 0.324 e. The van der Waals surface area contributed by atoms with Gasteiger partial charge in [-0.3, -0.25) is 5.32 Å². The van der Waals surface area contributed by atoms with Crippen molar-refractivity contribution in [3.8, 4) is 11.3 Å². The molecule has 6 heteroatoms. The monoisotopic (exact) mass is 352 g/mol. The van der Waals surface area contributed by atoms with Crippen LogP contribution in [0.15, 0.2) is 60.7 Å². The van der Waals surface area contributed by atoms with Gasteiger partial charge in [-0.05, 0) is 39.0 Å². The van der Waals surface area contributed by atoms with Gasteiger partial charge in [-0.2, -0.15) is 5.10 Å². The lowest BCUT2D eigenvalue weighted by Crippen LogP contribution is -2.28. The lowest BCUT2D eigenvalue weighted by Gasteiger charge is -2.22. The Bertz CT molecular complexity index is 913. The number of hydrogen-bond acceptors (Lipinski definition) is 2. The van der Waals surface area contributed by atoms with E-state index in [1.807, 2.05) is 57.2 Å². The summed E-state index contributed by atoms with van der Waals surface area (Å²) in [5.41, 5.74) is 1.78. The fourth-order valence-corrected chi connectivity index (χ4v) is 2.58. The number of hydrogen-bond donors (Lipinski definition) is 2. The first kappa shape index (κ1) is 17.7. The second kappa shape index (κ2) is 7.00. The molecule has 3 rings (SSSR count). The SMILES string of the molecule is CC(C)(C)n1nc(-c2ccccc2)cc1NC(=O)Nc1cccc(F)c1. The average Bonchev–Trinajstić information content (AvgIpc) is 2.99. The summed E-state index contributed by atoms with van der Waals surface area (Å²) in [6.45, 7) is 6.01. The zero-order valence-electron chi connectivity index (χ0n) is 15.0. The number of nitrogens with one attached hydrogen (secondary N) is 2. The van der Waals surface area contributed by atoms with Crippen molar-refractivity contribution >= 4 is 17.5 Å². The Balaban J connectivity index is 1.86. The molecule has 5 nitrogen and oxygen atoms in total. The van der Waals surface area contributed by atoms with Gasteiger partial charge in [0.05, 0.1) is 11.2 Å². The molecule has 2 amide bonds. The molecule has 0 radical (unpaired) electrons. The van der Waals surface area contributed by atoms with Crippen LogP contribution in [0.25, 0.3) is 11.3 Å². The molecule has 0 fully saturated rings. The maximum atomic E-state index is 13.3. The fourth-order valence-electron chi connectivity index (χ4n) is 2.58. The normalized spacial score (nSPS) is 11.2. The quantitative estimate of drug-likeness (QED) is 0.690. The van der Waals surface area contributed by atoms with Gasteiger partial charge in [0.15, 0.2) is 0 Å². The Morgan fingerprint density at radius 3 is 2.38 bits per heavy atom. The van der Waals surface area contributed by atoms with E-state index >= 15 is 0 Å². The zero-order valence-corrected chi connectivity index (χ0v) is 15.0. The molecule has 0 aliphatic heterocycles. The smallest absolute Gasteiger partial charge is 0.308 e. The summed E-state index contributed by atoms with van der Waals surface area (Å²) < 4.78 is 15.0. The highest BCUT2D eigenvalue weighted by Crippen LogP contribution is 2.27. The molecular formula is C20H21FN4O. The Morgan fingerprint density at radius 2 is 1.73 bits per heavy atom. The number of carbonyl (C=O) groups is 1. The van der Waals surface area contributed by atoms with Gasteiger partial charge >= 0.3 is 6.03 Å². The number of nitrogens with zero attached hydrogens (tertiary/aromatic N) is 2. The van der Waals surface area contributed by atoms with Crippen molar-refractivity contribution in [2.75, 3.05) is 10.6 Å². The third-order valence-corrected chi connectivity index (χ3v) is 3.74. The van der Waals surface area contributed by atoms with Gasteiger partial charge in [0, 0.05) is 17.3 Å². The number of rotatable bonds is 3. The third kappa shape index (κ3) is 4.08. The molecule has 3 aromatic rings. The second-order valence-electron chi connectivity index (χ2n) is 6.95. The molecular weight excluding hydrogens is 331 g/mol. The van der Waals surface area contributed by atoms with Crippen molar-refractivity contribution in [1.82, 2.24) is 9.78 Å². The number of aromatic nitrogens is 2. The first-order valence-corrected chi connectivity index (χ1v) is 8.32. The summed E-state index contributed by atoms with van der Waals surface area (Å²) in [5, 5.41) is 10.1. The predicted octanol–water partition coefficient (Wildman–Crippen LogP) is 5.09. The van der Waals surface area contributed by atoms with E-state index in [2.05, 4.69) is 15.7 Å². The number of carbonyl (C=O) groups excluding carboxylic acids is 1. The minimum atomic E-state index is -0.458. The summed E-state index contributed by atoms with van der Waals surface area (Å²) in [6.07, 6.45) is 0. The summed E-state index contributed by atoms with van der Waals surface area (Å²) in [6, 6.07) is 16.9. The van der Waals surface area contributed by atoms with Crippen LogP contribution in [-0.2, 0) is 5.54 Å². The van der Waals surface area contributed by atoms with Gasteiger partial charge in [-0.1, -0.05) is 36.4 Å². The van der Waals surface area contributed by atoms with Gasteiger partial charge in [-0.25, -0.2) is 13.9 Å². The molecule has 0 saturated heterocycles. The van der Waals surface area contributed by atoms with Crippen LogP contribution in [0.1, 0.15) is 20.8 Å². The Kier molecular flexibility index (Phi) is 4.75. The summed E-state index contributed by atoms with van der Waals surface area (Å²) in [4.78, 5) is 12.3. The molecule has 0 saturated carbocycles. The molecule has 0 aliphatic carbocycles. The second-order valence-corrected chi connectivity index (χ2v) is 6.95. The van der Waals surface area contributed by atoms with E-state index in [9.17, 15) is 9.18 Å². The highest BCUT2D eigenvalue weighted by Gasteiger charge is 2.21. The van der Waals surface area contributed by atoms with Crippen molar-refractivity contribution < 1.29 is 9.18 Å². The van der Waals surface area contributed by atoms with E-state index in [4.69, 9.17) is 0 Å². The molecule has 26 heavy (non-hydrogen) atoms. The van der Waals surface area contributed by atoms with Crippen molar-refractivity contribution in [2.24, 2.45) is 0 Å². The number of amides is 2. The topological polar surface area (TPSA) is 59.0 Å². The molecule has 134 valence electrons. The van der Waals surface area contributed by atoms with E-state index in [-0.39, 0.29) is 5.54 Å². The third-order valence-electron chi connectivity index (χ3n) is 3.74. The van der Waals surface area contributed by atoms with E-state index < -0.39 is 11.8 Å². The highest BCUT2D eigenvalue weighted by molar-refractivity contribution is 5.99. The molecule has 2 N–H and O–H groups in total. The van der Waals surface area contributed by atoms with Gasteiger partial charge in [0.2, 0.25) is 0 Å². The molecule has 1 aromatic heterocycles. The van der Waals surface area contributed by atoms with Crippen molar-refractivity contribution in [3.05, 3.63) is 66.5 Å². The standard InChI is InChI=1S/C20H21FN4O/c1-20(2,3)25-18(13-17(24-25)14-8-5-4-6-9-14)23-19(26)22-16-11-7-10-15(21)12-16/h4-13H,1-3H3,(H2,22,23,26). The molecule has 0 spiro atoms. The zero-order chi connectivity index (χ0) is 18.7. The molecule has 0 atom stereocenters. The van der Waals surface area contributed by atoms with Crippen LogP contribution in [-0.4, -0.2) is 15.8 Å². The molecule has 0 aliphatic rings. The Labute approximate surface area is 151 Å². The highest BCUT2D eigenvalue weighted by atomic mass is 19.1. The van der Waals surface area contributed by atoms with Crippen LogP contribution in [0.2, 0.25) is 0 Å². The van der Waals surface area contributed by atoms with Crippen LogP contribution >= 0.6 is 0 Å². The molecule has 1 heterocycles. The van der Waals surface area contributed by atoms with E-state index in [1.165, 1.54) is 18.2 Å². The van der Waals surface area contributed by atoms with Crippen LogP contribution < -0.4 is 10.6 Å². The van der Waals surface area contributed by atoms with Crippen LogP contribution in [0.4, 0.5) is 20.7 Å². The lowest BCUT2D eigenvalue weighted by atomic mass is 10.1. The number of urea groups is 1. The average molecular weight is 352 g/mol. The first-order valence-electron chi connectivity index (χ1n) is 8.32. The van der Waals surface area contributed by atoms with E-state index in [0.29, 0.717) is 11.5 Å². The molecule has 2 aromatic carbocycles. The Hall–Kier alpha value is -3.15. The minimum Gasteiger partial charge on any atom is -0.308 e. The van der Waals surface area contributed by atoms with Gasteiger partial charge < -0.3 is 5.32 Å². The van der Waals surface area contributed by atoms with Crippen molar-refractivity contribution in [2.45, 2.75) is 26.3 Å². The first-order chi connectivity index (χ1) is 12.3. The number of halogens is 1. The predicted molar refractivity (Wildman–Crippen MR) is 102 cm³/mol. The van der Waals surface area contributed by atoms with Crippen molar-refractivity contribution in [1.29, 1.82) is 0 Å². The Morgan fingerprint density at radius 1 is 1.00 bits per heavy atom. The minimum absolute atomic E-state index is 0.325. The number of benzene rings is 2. The van der Waals surface area contributed by atoms with Crippen molar-refractivity contribution in [3.63, 3.8) is 0 Å². The summed E-state index contributed by atoms with van der Waals surface area (Å²) >= 11 is 0. The fraction of sp³-hybridized carbons (Fsp3) is 0.200. The van der Waals surface area contributed by atoms with E-state index in [0.717, 1.165) is 11.3 Å². The van der Waals surface area contributed by atoms with Crippen LogP contribution in [0, 0.1) is 5.82 Å². The maximum absolute atomic E-state index is 13.3. The van der Waals surface area contributed by atoms with E-state index in [1.54, 1.807) is 10.7 Å². The molecule has 0 unspecified atom stereocenters.